The molecule has 1 saturated heterocycles. The fourth-order valence-electron chi connectivity index (χ4n) is 2.54. The molecule has 0 radical (unpaired) electrons. The van der Waals surface area contributed by atoms with Crippen LogP contribution in [0.4, 0.5) is 5.69 Å². The van der Waals surface area contributed by atoms with Gasteiger partial charge in [-0.3, -0.25) is 10.1 Å². The second-order valence-corrected chi connectivity index (χ2v) is 7.25. The summed E-state index contributed by atoms with van der Waals surface area (Å²) in [5.41, 5.74) is 5.01. The summed E-state index contributed by atoms with van der Waals surface area (Å²) in [6, 6.07) is 5.42. The second kappa shape index (κ2) is 7.82. The van der Waals surface area contributed by atoms with Crippen molar-refractivity contribution in [1.82, 2.24) is 4.31 Å². The van der Waals surface area contributed by atoms with E-state index in [0.29, 0.717) is 39.1 Å². The third-order valence-electron chi connectivity index (χ3n) is 3.78. The predicted octanol–water partition coefficient (Wildman–Crippen LogP) is 1.11. The first-order chi connectivity index (χ1) is 11.0. The van der Waals surface area contributed by atoms with Crippen LogP contribution < -0.4 is 5.73 Å². The van der Waals surface area contributed by atoms with Gasteiger partial charge in [0, 0.05) is 25.8 Å². The SMILES string of the molecule is NCCCOC1CCN(S(=O)(=O)c2ccccc2[N+](=O)[O-])CC1. The van der Waals surface area contributed by atoms with Crippen molar-refractivity contribution in [3.63, 3.8) is 0 Å². The minimum Gasteiger partial charge on any atom is -0.378 e. The summed E-state index contributed by atoms with van der Waals surface area (Å²) >= 11 is 0. The molecule has 0 amide bonds. The van der Waals surface area contributed by atoms with Gasteiger partial charge >= 0.3 is 0 Å². The lowest BCUT2D eigenvalue weighted by Crippen LogP contribution is -2.41. The van der Waals surface area contributed by atoms with Gasteiger partial charge in [0.15, 0.2) is 4.90 Å². The number of nitrogens with two attached hydrogens (primary N) is 1. The maximum atomic E-state index is 12.6. The molecule has 1 aliphatic heterocycles. The molecule has 0 unspecified atom stereocenters. The number of para-hydroxylation sites is 1. The van der Waals surface area contributed by atoms with Gasteiger partial charge in [0.05, 0.1) is 11.0 Å². The lowest BCUT2D eigenvalue weighted by atomic mass is 10.1. The van der Waals surface area contributed by atoms with Crippen LogP contribution in [0.1, 0.15) is 19.3 Å². The van der Waals surface area contributed by atoms with Gasteiger partial charge in [-0.05, 0) is 31.9 Å². The number of nitro groups is 1. The van der Waals surface area contributed by atoms with E-state index >= 15 is 0 Å². The van der Waals surface area contributed by atoms with Crippen LogP contribution >= 0.6 is 0 Å². The van der Waals surface area contributed by atoms with Gasteiger partial charge in [0.25, 0.3) is 5.69 Å². The average molecular weight is 343 g/mol. The molecule has 0 bridgehead atoms. The van der Waals surface area contributed by atoms with Crippen molar-refractivity contribution in [2.75, 3.05) is 26.2 Å². The topological polar surface area (TPSA) is 116 Å². The molecule has 0 saturated carbocycles. The van der Waals surface area contributed by atoms with Crippen molar-refractivity contribution in [3.8, 4) is 0 Å². The van der Waals surface area contributed by atoms with Crippen LogP contribution in [-0.4, -0.2) is 50.0 Å². The number of rotatable bonds is 7. The van der Waals surface area contributed by atoms with E-state index in [0.717, 1.165) is 6.42 Å². The molecule has 1 fully saturated rings. The number of ether oxygens (including phenoxy) is 1. The van der Waals surface area contributed by atoms with Gasteiger partial charge in [-0.25, -0.2) is 8.42 Å². The van der Waals surface area contributed by atoms with Crippen LogP contribution in [0.15, 0.2) is 29.2 Å². The molecular formula is C14H21N3O5S. The maximum absolute atomic E-state index is 12.6. The van der Waals surface area contributed by atoms with Crippen molar-refractivity contribution < 1.29 is 18.1 Å². The molecule has 0 aliphatic carbocycles. The van der Waals surface area contributed by atoms with Gasteiger partial charge in [-0.2, -0.15) is 4.31 Å². The molecule has 2 rings (SSSR count). The predicted molar refractivity (Wildman–Crippen MR) is 84.5 cm³/mol. The molecule has 0 aromatic heterocycles. The first kappa shape index (κ1) is 17.8. The Bertz CT molecular complexity index is 642. The lowest BCUT2D eigenvalue weighted by molar-refractivity contribution is -0.387. The van der Waals surface area contributed by atoms with Crippen LogP contribution in [-0.2, 0) is 14.8 Å². The van der Waals surface area contributed by atoms with Gasteiger partial charge in [-0.15, -0.1) is 0 Å². The van der Waals surface area contributed by atoms with Crippen molar-refractivity contribution in [3.05, 3.63) is 34.4 Å². The molecular weight excluding hydrogens is 322 g/mol. The first-order valence-corrected chi connectivity index (χ1v) is 8.96. The Hall–Kier alpha value is -1.55. The standard InChI is InChI=1S/C14H21N3O5S/c15-8-3-11-22-12-6-9-16(10-7-12)23(20,21)14-5-2-1-4-13(14)17(18)19/h1-2,4-5,12H,3,6-11,15H2. The van der Waals surface area contributed by atoms with Gasteiger partial charge in [-0.1, -0.05) is 12.1 Å². The maximum Gasteiger partial charge on any atom is 0.289 e. The van der Waals surface area contributed by atoms with Crippen molar-refractivity contribution in [2.24, 2.45) is 5.73 Å². The highest BCUT2D eigenvalue weighted by Crippen LogP contribution is 2.28. The highest BCUT2D eigenvalue weighted by atomic mass is 32.2. The van der Waals surface area contributed by atoms with Crippen molar-refractivity contribution >= 4 is 15.7 Å². The molecule has 2 N–H and O–H groups in total. The fourth-order valence-corrected chi connectivity index (χ4v) is 4.16. The van der Waals surface area contributed by atoms with Crippen LogP contribution in [0, 0.1) is 10.1 Å². The molecule has 23 heavy (non-hydrogen) atoms. The Labute approximate surface area is 135 Å². The van der Waals surface area contributed by atoms with E-state index in [1.54, 1.807) is 0 Å². The molecule has 9 heteroatoms. The zero-order chi connectivity index (χ0) is 16.9. The Morgan fingerprint density at radius 3 is 2.57 bits per heavy atom. The smallest absolute Gasteiger partial charge is 0.289 e. The quantitative estimate of drug-likeness (QED) is 0.450. The Morgan fingerprint density at radius 2 is 1.96 bits per heavy atom. The summed E-state index contributed by atoms with van der Waals surface area (Å²) in [6.45, 7) is 1.71. The zero-order valence-corrected chi connectivity index (χ0v) is 13.6. The summed E-state index contributed by atoms with van der Waals surface area (Å²) in [5.74, 6) is 0. The third kappa shape index (κ3) is 4.25. The highest BCUT2D eigenvalue weighted by molar-refractivity contribution is 7.89. The Kier molecular flexibility index (Phi) is 6.05. The van der Waals surface area contributed by atoms with Gasteiger partial charge in [0.1, 0.15) is 0 Å². The van der Waals surface area contributed by atoms with Crippen molar-refractivity contribution in [1.29, 1.82) is 0 Å². The summed E-state index contributed by atoms with van der Waals surface area (Å²) < 4.78 is 32.2. The summed E-state index contributed by atoms with van der Waals surface area (Å²) in [4.78, 5) is 10.1. The largest absolute Gasteiger partial charge is 0.378 e. The van der Waals surface area contributed by atoms with Crippen molar-refractivity contribution in [2.45, 2.75) is 30.3 Å². The van der Waals surface area contributed by atoms with Gasteiger partial charge in [0.2, 0.25) is 10.0 Å². The number of nitrogens with zero attached hydrogens (tertiary/aromatic N) is 2. The van der Waals surface area contributed by atoms with Crippen LogP contribution in [0.3, 0.4) is 0 Å². The summed E-state index contributed by atoms with van der Waals surface area (Å²) in [7, 11) is -3.87. The summed E-state index contributed by atoms with van der Waals surface area (Å²) in [6.07, 6.45) is 1.93. The third-order valence-corrected chi connectivity index (χ3v) is 5.73. The molecule has 8 nitrogen and oxygen atoms in total. The van der Waals surface area contributed by atoms with E-state index in [1.165, 1.54) is 28.6 Å². The molecule has 1 aromatic carbocycles. The minimum atomic E-state index is -3.87. The summed E-state index contributed by atoms with van der Waals surface area (Å²) in [5, 5.41) is 11.0. The second-order valence-electron chi connectivity index (χ2n) is 5.34. The van der Waals surface area contributed by atoms with E-state index in [1.807, 2.05) is 0 Å². The van der Waals surface area contributed by atoms with E-state index < -0.39 is 20.6 Å². The fraction of sp³-hybridized carbons (Fsp3) is 0.571. The lowest BCUT2D eigenvalue weighted by Gasteiger charge is -2.31. The molecule has 1 aromatic rings. The normalized spacial score (nSPS) is 17.3. The first-order valence-electron chi connectivity index (χ1n) is 7.52. The number of hydrogen-bond acceptors (Lipinski definition) is 6. The van der Waals surface area contributed by atoms with E-state index in [9.17, 15) is 18.5 Å². The molecule has 1 aliphatic rings. The monoisotopic (exact) mass is 343 g/mol. The van der Waals surface area contributed by atoms with E-state index in [4.69, 9.17) is 10.5 Å². The minimum absolute atomic E-state index is 0.0127. The Balaban J connectivity index is 2.07. The molecule has 1 heterocycles. The van der Waals surface area contributed by atoms with Gasteiger partial charge < -0.3 is 10.5 Å². The number of nitro benzene ring substituents is 1. The number of hydrogen-bond donors (Lipinski definition) is 1. The molecule has 128 valence electrons. The zero-order valence-electron chi connectivity index (χ0n) is 12.8. The molecule has 0 atom stereocenters. The highest BCUT2D eigenvalue weighted by Gasteiger charge is 2.34. The van der Waals surface area contributed by atoms with E-state index in [-0.39, 0.29) is 11.0 Å². The van der Waals surface area contributed by atoms with E-state index in [2.05, 4.69) is 0 Å². The number of piperidine rings is 1. The number of sulfonamides is 1. The number of benzene rings is 1. The van der Waals surface area contributed by atoms with Crippen LogP contribution in [0.2, 0.25) is 0 Å². The average Bonchev–Trinajstić information content (AvgIpc) is 2.55. The Morgan fingerprint density at radius 1 is 1.30 bits per heavy atom. The molecule has 0 spiro atoms. The van der Waals surface area contributed by atoms with Crippen LogP contribution in [0.25, 0.3) is 0 Å². The van der Waals surface area contributed by atoms with Crippen LogP contribution in [0.5, 0.6) is 0 Å².